The second-order valence-corrected chi connectivity index (χ2v) is 5.80. The highest BCUT2D eigenvalue weighted by molar-refractivity contribution is 5.94. The van der Waals surface area contributed by atoms with Crippen molar-refractivity contribution in [1.29, 1.82) is 0 Å². The van der Waals surface area contributed by atoms with Crippen LogP contribution in [0.25, 0.3) is 0 Å². The molecule has 2 amide bonds. The van der Waals surface area contributed by atoms with Crippen molar-refractivity contribution in [1.82, 2.24) is 0 Å². The van der Waals surface area contributed by atoms with E-state index in [9.17, 15) is 9.59 Å². The van der Waals surface area contributed by atoms with Crippen LogP contribution in [-0.2, 0) is 22.6 Å². The Morgan fingerprint density at radius 3 is 2.71 bits per heavy atom. The van der Waals surface area contributed by atoms with Gasteiger partial charge < -0.3 is 9.64 Å². The highest BCUT2D eigenvalue weighted by Gasteiger charge is 2.20. The van der Waals surface area contributed by atoms with Crippen LogP contribution in [0, 0.1) is 0 Å². The number of anilines is 2. The van der Waals surface area contributed by atoms with Crippen molar-refractivity contribution in [3.8, 4) is 0 Å². The van der Waals surface area contributed by atoms with Crippen molar-refractivity contribution in [2.45, 2.75) is 26.4 Å². The Bertz CT molecular complexity index is 744. The lowest BCUT2D eigenvalue weighted by molar-refractivity contribution is -0.116. The first-order valence-electron chi connectivity index (χ1n) is 8.02. The molecular formula is C19H20N2O3. The van der Waals surface area contributed by atoms with Gasteiger partial charge in [-0.25, -0.2) is 4.79 Å². The molecule has 0 saturated heterocycles. The maximum absolute atomic E-state index is 12.0. The Balaban J connectivity index is 1.66. The van der Waals surface area contributed by atoms with E-state index in [4.69, 9.17) is 4.74 Å². The zero-order valence-corrected chi connectivity index (χ0v) is 13.6. The maximum Gasteiger partial charge on any atom is 0.411 e. The first-order valence-corrected chi connectivity index (χ1v) is 8.02. The smallest absolute Gasteiger partial charge is 0.411 e. The van der Waals surface area contributed by atoms with Gasteiger partial charge in [0.15, 0.2) is 0 Å². The van der Waals surface area contributed by atoms with Gasteiger partial charge in [0, 0.05) is 24.8 Å². The Labute approximate surface area is 141 Å². The van der Waals surface area contributed by atoms with Crippen molar-refractivity contribution in [2.24, 2.45) is 0 Å². The molecule has 124 valence electrons. The average Bonchev–Trinajstić information content (AvgIpc) is 2.60. The fourth-order valence-corrected chi connectivity index (χ4v) is 2.86. The molecule has 24 heavy (non-hydrogen) atoms. The first kappa shape index (κ1) is 16.1. The zero-order valence-electron chi connectivity index (χ0n) is 13.6. The number of hydrogen-bond donors (Lipinski definition) is 1. The monoisotopic (exact) mass is 324 g/mol. The van der Waals surface area contributed by atoms with Crippen LogP contribution in [-0.4, -0.2) is 18.5 Å². The van der Waals surface area contributed by atoms with Crippen molar-refractivity contribution < 1.29 is 14.3 Å². The van der Waals surface area contributed by atoms with Crippen LogP contribution in [0.1, 0.15) is 24.5 Å². The van der Waals surface area contributed by atoms with E-state index in [0.29, 0.717) is 12.2 Å². The van der Waals surface area contributed by atoms with E-state index in [-0.39, 0.29) is 12.5 Å². The molecule has 5 heteroatoms. The summed E-state index contributed by atoms with van der Waals surface area (Å²) in [7, 11) is 0. The largest absolute Gasteiger partial charge is 0.444 e. The molecule has 5 nitrogen and oxygen atoms in total. The Morgan fingerprint density at radius 1 is 1.17 bits per heavy atom. The van der Waals surface area contributed by atoms with Gasteiger partial charge in [0.25, 0.3) is 0 Å². The van der Waals surface area contributed by atoms with Gasteiger partial charge in [-0.15, -0.1) is 0 Å². The minimum atomic E-state index is -0.510. The number of nitrogens with zero attached hydrogens (tertiary/aromatic N) is 1. The lowest BCUT2D eigenvalue weighted by atomic mass is 10.0. The molecule has 1 heterocycles. The van der Waals surface area contributed by atoms with Gasteiger partial charge in [-0.1, -0.05) is 36.4 Å². The number of carbonyl (C=O) groups is 2. The Hall–Kier alpha value is -2.82. The van der Waals surface area contributed by atoms with Crippen LogP contribution in [0.15, 0.2) is 48.5 Å². The molecule has 2 aromatic rings. The molecule has 1 aliphatic rings. The molecule has 3 rings (SSSR count). The molecule has 0 atom stereocenters. The summed E-state index contributed by atoms with van der Waals surface area (Å²) in [6.45, 7) is 2.49. The van der Waals surface area contributed by atoms with Crippen LogP contribution in [0.3, 0.4) is 0 Å². The van der Waals surface area contributed by atoms with Crippen LogP contribution in [0.5, 0.6) is 0 Å². The highest BCUT2D eigenvalue weighted by atomic mass is 16.5. The van der Waals surface area contributed by atoms with Gasteiger partial charge in [-0.05, 0) is 36.1 Å². The normalized spacial score (nSPS) is 13.1. The fraction of sp³-hybridized carbons (Fsp3) is 0.263. The number of aryl methyl sites for hydroxylation is 1. The average molecular weight is 324 g/mol. The van der Waals surface area contributed by atoms with E-state index in [2.05, 4.69) is 5.32 Å². The molecule has 0 radical (unpaired) electrons. The van der Waals surface area contributed by atoms with E-state index in [1.807, 2.05) is 48.5 Å². The van der Waals surface area contributed by atoms with Crippen molar-refractivity contribution in [2.75, 3.05) is 16.8 Å². The maximum atomic E-state index is 12.0. The topological polar surface area (TPSA) is 58.6 Å². The van der Waals surface area contributed by atoms with Gasteiger partial charge in [0.1, 0.15) is 6.61 Å². The third-order valence-electron chi connectivity index (χ3n) is 4.04. The zero-order chi connectivity index (χ0) is 16.9. The summed E-state index contributed by atoms with van der Waals surface area (Å²) in [4.78, 5) is 25.5. The SMILES string of the molecule is CC(=O)N1CCCc2ccc(NC(=O)OCc3ccccc3)cc21. The summed E-state index contributed by atoms with van der Waals surface area (Å²) in [6, 6.07) is 15.1. The van der Waals surface area contributed by atoms with Gasteiger partial charge in [0.2, 0.25) is 5.91 Å². The van der Waals surface area contributed by atoms with Crippen LogP contribution in [0.2, 0.25) is 0 Å². The molecule has 0 saturated carbocycles. The molecule has 0 spiro atoms. The number of amides is 2. The highest BCUT2D eigenvalue weighted by Crippen LogP contribution is 2.30. The number of fused-ring (bicyclic) bond motifs is 1. The van der Waals surface area contributed by atoms with E-state index < -0.39 is 6.09 Å². The minimum absolute atomic E-state index is 0.0137. The van der Waals surface area contributed by atoms with Crippen molar-refractivity contribution in [3.05, 3.63) is 59.7 Å². The van der Waals surface area contributed by atoms with Crippen molar-refractivity contribution >= 4 is 23.4 Å². The lowest BCUT2D eigenvalue weighted by Crippen LogP contribution is -2.33. The summed E-state index contributed by atoms with van der Waals surface area (Å²) in [5, 5.41) is 2.72. The molecule has 1 N–H and O–H groups in total. The number of hydrogen-bond acceptors (Lipinski definition) is 3. The van der Waals surface area contributed by atoms with E-state index >= 15 is 0 Å². The summed E-state index contributed by atoms with van der Waals surface area (Å²) in [5.74, 6) is 0.0137. The quantitative estimate of drug-likeness (QED) is 0.936. The molecule has 1 aliphatic heterocycles. The molecule has 0 aliphatic carbocycles. The third kappa shape index (κ3) is 3.74. The van der Waals surface area contributed by atoms with Gasteiger partial charge in [0.05, 0.1) is 0 Å². The Kier molecular flexibility index (Phi) is 4.79. The van der Waals surface area contributed by atoms with E-state index in [1.165, 1.54) is 0 Å². The number of rotatable bonds is 3. The molecular weight excluding hydrogens is 304 g/mol. The number of ether oxygens (including phenoxy) is 1. The lowest BCUT2D eigenvalue weighted by Gasteiger charge is -2.29. The summed E-state index contributed by atoms with van der Waals surface area (Å²) >= 11 is 0. The molecule has 2 aromatic carbocycles. The predicted octanol–water partition coefficient (Wildman–Crippen LogP) is 3.73. The summed E-state index contributed by atoms with van der Waals surface area (Å²) in [5.41, 5.74) is 3.55. The Morgan fingerprint density at radius 2 is 1.96 bits per heavy atom. The molecule has 0 bridgehead atoms. The van der Waals surface area contributed by atoms with Crippen molar-refractivity contribution in [3.63, 3.8) is 0 Å². The van der Waals surface area contributed by atoms with Crippen LogP contribution < -0.4 is 10.2 Å². The summed E-state index contributed by atoms with van der Waals surface area (Å²) < 4.78 is 5.22. The van der Waals surface area contributed by atoms with E-state index in [1.54, 1.807) is 11.8 Å². The number of nitrogens with one attached hydrogen (secondary N) is 1. The predicted molar refractivity (Wildman–Crippen MR) is 93.0 cm³/mol. The van der Waals surface area contributed by atoms with Gasteiger partial charge in [-0.2, -0.15) is 0 Å². The van der Waals surface area contributed by atoms with Crippen LogP contribution >= 0.6 is 0 Å². The molecule has 0 aromatic heterocycles. The van der Waals surface area contributed by atoms with Gasteiger partial charge in [-0.3, -0.25) is 10.1 Å². The first-order chi connectivity index (χ1) is 11.6. The molecule has 0 unspecified atom stereocenters. The number of carbonyl (C=O) groups excluding carboxylic acids is 2. The molecule has 0 fully saturated rings. The standard InChI is InChI=1S/C19H20N2O3/c1-14(22)21-11-5-8-16-9-10-17(12-18(16)21)20-19(23)24-13-15-6-3-2-4-7-15/h2-4,6-7,9-10,12H,5,8,11,13H2,1H3,(H,20,23). The number of benzene rings is 2. The summed E-state index contributed by atoms with van der Waals surface area (Å²) in [6.07, 6.45) is 1.39. The second kappa shape index (κ2) is 7.17. The second-order valence-electron chi connectivity index (χ2n) is 5.80. The fourth-order valence-electron chi connectivity index (χ4n) is 2.86. The third-order valence-corrected chi connectivity index (χ3v) is 4.04. The minimum Gasteiger partial charge on any atom is -0.444 e. The van der Waals surface area contributed by atoms with E-state index in [0.717, 1.165) is 29.7 Å². The van der Waals surface area contributed by atoms with Crippen LogP contribution in [0.4, 0.5) is 16.2 Å². The van der Waals surface area contributed by atoms with Gasteiger partial charge >= 0.3 is 6.09 Å².